The molecule has 0 bridgehead atoms. The van der Waals surface area contributed by atoms with Crippen LogP contribution in [0.4, 0.5) is 0 Å². The molecule has 1 aliphatic rings. The molecule has 1 heterocycles. The number of hydrogen-bond acceptors (Lipinski definition) is 2. The second kappa shape index (κ2) is 14.6. The van der Waals surface area contributed by atoms with Gasteiger partial charge >= 0.3 is 0 Å². The van der Waals surface area contributed by atoms with Gasteiger partial charge in [-0.3, -0.25) is 0 Å². The van der Waals surface area contributed by atoms with Gasteiger partial charge in [-0.05, 0) is 100 Å². The highest BCUT2D eigenvalue weighted by Gasteiger charge is 2.37. The highest BCUT2D eigenvalue weighted by molar-refractivity contribution is 6.12. The van der Waals surface area contributed by atoms with Crippen LogP contribution in [0.1, 0.15) is 25.0 Å². The van der Waals surface area contributed by atoms with Crippen LogP contribution < -0.4 is 0 Å². The van der Waals surface area contributed by atoms with E-state index in [2.05, 4.69) is 226 Å². The Labute approximate surface area is 367 Å². The van der Waals surface area contributed by atoms with E-state index in [1.54, 1.807) is 0 Å². The van der Waals surface area contributed by atoms with Crippen molar-refractivity contribution < 1.29 is 0 Å². The van der Waals surface area contributed by atoms with Gasteiger partial charge in [0.25, 0.3) is 0 Å². The van der Waals surface area contributed by atoms with Crippen molar-refractivity contribution in [1.29, 1.82) is 0 Å². The molecule has 0 amide bonds. The van der Waals surface area contributed by atoms with Crippen molar-refractivity contribution in [1.82, 2.24) is 9.97 Å². The Bertz CT molecular complexity index is 3590. The molecule has 1 aliphatic carbocycles. The molecule has 0 radical (unpaired) electrons. The lowest BCUT2D eigenvalue weighted by atomic mass is 9.78. The van der Waals surface area contributed by atoms with E-state index in [-0.39, 0.29) is 5.41 Å². The molecule has 0 saturated carbocycles. The first-order valence-corrected chi connectivity index (χ1v) is 21.8. The number of hydrogen-bond donors (Lipinski definition) is 0. The molecular weight excluding hydrogens is 761 g/mol. The van der Waals surface area contributed by atoms with Gasteiger partial charge in [-0.25, -0.2) is 9.97 Å². The minimum absolute atomic E-state index is 0.116. The van der Waals surface area contributed by atoms with Gasteiger partial charge in [0, 0.05) is 22.1 Å². The standard InChI is InChI=1S/C61H42N2/c1-61(2)56-32-13-12-28-52(56)55-31-16-30-54(59(55)61)51-34-33-49(45-24-8-9-25-46(45)51)50-35-36-53(48-27-11-10-26-47(48)50)58-38-57(62-60(63-58)40-18-4-3-5-19-40)42-22-14-21-41(37-42)44-29-15-20-39-17-6-7-23-43(39)44/h3-38H,1-2H3. The van der Waals surface area contributed by atoms with Crippen molar-refractivity contribution in [2.24, 2.45) is 0 Å². The first-order valence-electron chi connectivity index (χ1n) is 21.8. The molecule has 10 aromatic carbocycles. The molecule has 0 N–H and O–H groups in total. The Kier molecular flexibility index (Phi) is 8.55. The number of nitrogens with zero attached hydrogens (tertiary/aromatic N) is 2. The van der Waals surface area contributed by atoms with Gasteiger partial charge in [0.05, 0.1) is 11.4 Å². The summed E-state index contributed by atoms with van der Waals surface area (Å²) in [5, 5.41) is 7.28. The molecule has 2 nitrogen and oxygen atoms in total. The van der Waals surface area contributed by atoms with Crippen LogP contribution in [0.15, 0.2) is 218 Å². The number of benzene rings is 10. The molecule has 12 rings (SSSR count). The lowest BCUT2D eigenvalue weighted by molar-refractivity contribution is 0.662. The van der Waals surface area contributed by atoms with Gasteiger partial charge in [0.2, 0.25) is 0 Å². The number of aromatic nitrogens is 2. The van der Waals surface area contributed by atoms with Crippen molar-refractivity contribution in [2.75, 3.05) is 0 Å². The predicted molar refractivity (Wildman–Crippen MR) is 265 cm³/mol. The molecule has 11 aromatic rings. The topological polar surface area (TPSA) is 25.8 Å². The molecule has 0 atom stereocenters. The van der Waals surface area contributed by atoms with Gasteiger partial charge in [0.15, 0.2) is 5.82 Å². The minimum atomic E-state index is -0.116. The van der Waals surface area contributed by atoms with Gasteiger partial charge in [-0.2, -0.15) is 0 Å². The summed E-state index contributed by atoms with van der Waals surface area (Å²) in [6.07, 6.45) is 0. The van der Waals surface area contributed by atoms with Crippen LogP contribution in [0, 0.1) is 0 Å². The van der Waals surface area contributed by atoms with Crippen LogP contribution in [0.5, 0.6) is 0 Å². The van der Waals surface area contributed by atoms with E-state index in [9.17, 15) is 0 Å². The summed E-state index contributed by atoms with van der Waals surface area (Å²) >= 11 is 0. The number of fused-ring (bicyclic) bond motifs is 6. The zero-order valence-corrected chi connectivity index (χ0v) is 35.2. The highest BCUT2D eigenvalue weighted by atomic mass is 14.9. The summed E-state index contributed by atoms with van der Waals surface area (Å²) in [5.74, 6) is 0.701. The average molecular weight is 803 g/mol. The van der Waals surface area contributed by atoms with E-state index in [1.807, 2.05) is 6.07 Å². The first kappa shape index (κ1) is 36.9. The Hall–Kier alpha value is -7.94. The maximum absolute atomic E-state index is 5.31. The van der Waals surface area contributed by atoms with Crippen molar-refractivity contribution in [2.45, 2.75) is 19.3 Å². The summed E-state index contributed by atoms with van der Waals surface area (Å²) in [4.78, 5) is 10.6. The lowest BCUT2D eigenvalue weighted by Crippen LogP contribution is -2.16. The second-order valence-corrected chi connectivity index (χ2v) is 17.2. The van der Waals surface area contributed by atoms with E-state index in [4.69, 9.17) is 9.97 Å². The Morgan fingerprint density at radius 3 is 1.49 bits per heavy atom. The van der Waals surface area contributed by atoms with Crippen LogP contribution in [0.25, 0.3) is 111 Å². The third kappa shape index (κ3) is 6.02. The van der Waals surface area contributed by atoms with E-state index in [1.165, 1.54) is 77.0 Å². The van der Waals surface area contributed by atoms with Crippen LogP contribution in [0.3, 0.4) is 0 Å². The second-order valence-electron chi connectivity index (χ2n) is 17.2. The fourth-order valence-corrected chi connectivity index (χ4v) is 10.4. The number of rotatable bonds is 6. The lowest BCUT2D eigenvalue weighted by Gasteiger charge is -2.25. The third-order valence-electron chi connectivity index (χ3n) is 13.3. The van der Waals surface area contributed by atoms with E-state index >= 15 is 0 Å². The van der Waals surface area contributed by atoms with Crippen LogP contribution in [-0.2, 0) is 5.41 Å². The quantitative estimate of drug-likeness (QED) is 0.167. The Morgan fingerprint density at radius 1 is 0.302 bits per heavy atom. The normalized spacial score (nSPS) is 12.7. The van der Waals surface area contributed by atoms with Crippen LogP contribution in [0.2, 0.25) is 0 Å². The van der Waals surface area contributed by atoms with Crippen molar-refractivity contribution in [3.8, 4) is 78.4 Å². The summed E-state index contributed by atoms with van der Waals surface area (Å²) in [6, 6.07) is 79.1. The van der Waals surface area contributed by atoms with Crippen molar-refractivity contribution in [3.05, 3.63) is 230 Å². The molecule has 0 aliphatic heterocycles. The maximum Gasteiger partial charge on any atom is 0.160 e. The molecular formula is C61H42N2. The predicted octanol–water partition coefficient (Wildman–Crippen LogP) is 16.2. The summed E-state index contributed by atoms with van der Waals surface area (Å²) in [7, 11) is 0. The first-order chi connectivity index (χ1) is 31.0. The fourth-order valence-electron chi connectivity index (χ4n) is 10.4. The highest BCUT2D eigenvalue weighted by Crippen LogP contribution is 2.53. The zero-order chi connectivity index (χ0) is 42.1. The van der Waals surface area contributed by atoms with Crippen molar-refractivity contribution >= 4 is 32.3 Å². The van der Waals surface area contributed by atoms with Gasteiger partial charge in [-0.15, -0.1) is 0 Å². The fraction of sp³-hybridized carbons (Fsp3) is 0.0492. The molecule has 0 unspecified atom stereocenters. The molecule has 63 heavy (non-hydrogen) atoms. The Morgan fingerprint density at radius 2 is 0.762 bits per heavy atom. The summed E-state index contributed by atoms with van der Waals surface area (Å²) in [5.41, 5.74) is 17.6. The summed E-state index contributed by atoms with van der Waals surface area (Å²) < 4.78 is 0. The zero-order valence-electron chi connectivity index (χ0n) is 35.2. The molecule has 1 aromatic heterocycles. The molecule has 0 fully saturated rings. The van der Waals surface area contributed by atoms with Gasteiger partial charge < -0.3 is 0 Å². The molecule has 0 spiro atoms. The molecule has 296 valence electrons. The van der Waals surface area contributed by atoms with E-state index in [0.29, 0.717) is 5.82 Å². The third-order valence-corrected chi connectivity index (χ3v) is 13.3. The SMILES string of the molecule is CC1(C)c2ccccc2-c2cccc(-c3ccc(-c4ccc(-c5cc(-c6cccc(-c7cccc8ccccc78)c6)nc(-c6ccccc6)n5)c5ccccc45)c4ccccc34)c21. The van der Waals surface area contributed by atoms with Gasteiger partial charge in [0.1, 0.15) is 0 Å². The monoisotopic (exact) mass is 802 g/mol. The maximum atomic E-state index is 5.31. The van der Waals surface area contributed by atoms with E-state index < -0.39 is 0 Å². The average Bonchev–Trinajstić information content (AvgIpc) is 3.59. The summed E-state index contributed by atoms with van der Waals surface area (Å²) in [6.45, 7) is 4.75. The largest absolute Gasteiger partial charge is 0.228 e. The van der Waals surface area contributed by atoms with E-state index in [0.717, 1.165) is 39.0 Å². The van der Waals surface area contributed by atoms with Crippen molar-refractivity contribution in [3.63, 3.8) is 0 Å². The van der Waals surface area contributed by atoms with Crippen LogP contribution in [-0.4, -0.2) is 9.97 Å². The molecule has 2 heteroatoms. The Balaban J connectivity index is 1.01. The smallest absolute Gasteiger partial charge is 0.160 e. The van der Waals surface area contributed by atoms with Gasteiger partial charge in [-0.1, -0.05) is 220 Å². The minimum Gasteiger partial charge on any atom is -0.228 e. The molecule has 0 saturated heterocycles. The van der Waals surface area contributed by atoms with Crippen LogP contribution >= 0.6 is 0 Å².